The van der Waals surface area contributed by atoms with E-state index in [-0.39, 0.29) is 12.4 Å². The fraction of sp³-hybridized carbons (Fsp3) is 0.0588. The molecule has 2 aromatic carbocycles. The van der Waals surface area contributed by atoms with Crippen molar-refractivity contribution in [2.24, 2.45) is 0 Å². The molecule has 3 rings (SSSR count). The van der Waals surface area contributed by atoms with Gasteiger partial charge in [-0.2, -0.15) is 4.68 Å². The van der Waals surface area contributed by atoms with E-state index >= 15 is 0 Å². The van der Waals surface area contributed by atoms with Gasteiger partial charge in [0.1, 0.15) is 17.4 Å². The van der Waals surface area contributed by atoms with Crippen LogP contribution >= 0.6 is 11.6 Å². The van der Waals surface area contributed by atoms with Crippen molar-refractivity contribution in [1.82, 2.24) is 9.78 Å². The largest absolute Gasteiger partial charge is 0.482 e. The van der Waals surface area contributed by atoms with E-state index in [4.69, 9.17) is 22.1 Å². The first-order valence-corrected chi connectivity index (χ1v) is 7.44. The number of anilines is 1. The fourth-order valence-electron chi connectivity index (χ4n) is 2.21. The van der Waals surface area contributed by atoms with Crippen LogP contribution in [0.2, 0.25) is 5.02 Å². The van der Waals surface area contributed by atoms with Gasteiger partial charge in [-0.15, -0.1) is 5.10 Å². The first-order chi connectivity index (χ1) is 11.5. The summed E-state index contributed by atoms with van der Waals surface area (Å²) in [6.07, 6.45) is 0. The molecule has 0 saturated carbocycles. The molecule has 0 unspecified atom stereocenters. The lowest BCUT2D eigenvalue weighted by atomic mass is 10.1. The molecular weight excluding hydrogens is 333 g/mol. The van der Waals surface area contributed by atoms with Crippen LogP contribution in [0.3, 0.4) is 0 Å². The van der Waals surface area contributed by atoms with Crippen LogP contribution in [0, 0.1) is 5.82 Å². The Balaban J connectivity index is 1.84. The van der Waals surface area contributed by atoms with Gasteiger partial charge in [0.15, 0.2) is 6.61 Å². The van der Waals surface area contributed by atoms with Gasteiger partial charge in [-0.05, 0) is 24.3 Å². The van der Waals surface area contributed by atoms with Crippen LogP contribution < -0.4 is 10.5 Å². The summed E-state index contributed by atoms with van der Waals surface area (Å²) in [6, 6.07) is 14.1. The minimum Gasteiger partial charge on any atom is -0.482 e. The molecule has 0 amide bonds. The van der Waals surface area contributed by atoms with Crippen molar-refractivity contribution in [2.45, 2.75) is 0 Å². The Morgan fingerprint density at radius 1 is 1.21 bits per heavy atom. The molecule has 1 heterocycles. The minimum atomic E-state index is -0.453. The van der Waals surface area contributed by atoms with Gasteiger partial charge in [0.25, 0.3) is 5.91 Å². The van der Waals surface area contributed by atoms with Crippen molar-refractivity contribution in [3.63, 3.8) is 0 Å². The SMILES string of the molecule is Nc1cc(-c2cccc(F)c2)n(C(=O)COc2ccccc2Cl)n1. The second kappa shape index (κ2) is 6.72. The maximum absolute atomic E-state index is 13.4. The molecule has 0 aliphatic rings. The third-order valence-corrected chi connectivity index (χ3v) is 3.58. The van der Waals surface area contributed by atoms with Crippen molar-refractivity contribution in [3.05, 3.63) is 65.4 Å². The van der Waals surface area contributed by atoms with Crippen molar-refractivity contribution in [1.29, 1.82) is 0 Å². The first kappa shape index (κ1) is 16.0. The molecule has 0 saturated heterocycles. The van der Waals surface area contributed by atoms with E-state index < -0.39 is 11.7 Å². The minimum absolute atomic E-state index is 0.153. The molecule has 0 atom stereocenters. The van der Waals surface area contributed by atoms with Crippen molar-refractivity contribution < 1.29 is 13.9 Å². The van der Waals surface area contributed by atoms with E-state index in [0.717, 1.165) is 4.68 Å². The Kier molecular flexibility index (Phi) is 4.48. The zero-order valence-corrected chi connectivity index (χ0v) is 13.2. The molecule has 0 aliphatic heterocycles. The highest BCUT2D eigenvalue weighted by Gasteiger charge is 2.16. The molecule has 0 fully saturated rings. The standard InChI is InChI=1S/C17H13ClFN3O2/c18-13-6-1-2-7-15(13)24-10-17(23)22-14(9-16(20)21-22)11-4-3-5-12(19)8-11/h1-9H,10H2,(H2,20,21). The van der Waals surface area contributed by atoms with Crippen LogP contribution in [0.15, 0.2) is 54.6 Å². The molecular formula is C17H13ClFN3O2. The van der Waals surface area contributed by atoms with Crippen LogP contribution in [-0.4, -0.2) is 22.3 Å². The summed E-state index contributed by atoms with van der Waals surface area (Å²) in [4.78, 5) is 12.4. The number of benzene rings is 2. The summed E-state index contributed by atoms with van der Waals surface area (Å²) < 4.78 is 19.9. The zero-order valence-electron chi connectivity index (χ0n) is 12.4. The number of nitrogens with two attached hydrogens (primary N) is 1. The topological polar surface area (TPSA) is 70.1 Å². The lowest BCUT2D eigenvalue weighted by Crippen LogP contribution is -2.21. The highest BCUT2D eigenvalue weighted by molar-refractivity contribution is 6.32. The number of ether oxygens (including phenoxy) is 1. The second-order valence-corrected chi connectivity index (χ2v) is 5.40. The Morgan fingerprint density at radius 2 is 2.00 bits per heavy atom. The van der Waals surface area contributed by atoms with Crippen LogP contribution in [0.25, 0.3) is 11.3 Å². The summed E-state index contributed by atoms with van der Waals surface area (Å²) in [5.74, 6) is -0.329. The number of hydrogen-bond acceptors (Lipinski definition) is 4. The summed E-state index contributed by atoms with van der Waals surface area (Å²) in [7, 11) is 0. The molecule has 7 heteroatoms. The molecule has 2 N–H and O–H groups in total. The van der Waals surface area contributed by atoms with Crippen molar-refractivity contribution in [2.75, 3.05) is 12.3 Å². The summed E-state index contributed by atoms with van der Waals surface area (Å²) in [5, 5.41) is 4.36. The molecule has 1 aromatic heterocycles. The maximum atomic E-state index is 13.4. The number of aromatic nitrogens is 2. The molecule has 3 aromatic rings. The van der Waals surface area contributed by atoms with Gasteiger partial charge < -0.3 is 10.5 Å². The van der Waals surface area contributed by atoms with Crippen LogP contribution in [0.5, 0.6) is 5.75 Å². The smallest absolute Gasteiger partial charge is 0.285 e. The molecule has 24 heavy (non-hydrogen) atoms. The van der Waals surface area contributed by atoms with Crippen LogP contribution in [0.1, 0.15) is 4.79 Å². The average Bonchev–Trinajstić information content (AvgIpc) is 2.96. The summed E-state index contributed by atoms with van der Waals surface area (Å²) in [5.41, 5.74) is 6.56. The zero-order chi connectivity index (χ0) is 17.1. The summed E-state index contributed by atoms with van der Waals surface area (Å²) >= 11 is 5.98. The predicted octanol–water partition coefficient (Wildman–Crippen LogP) is 3.64. The number of carbonyl (C=O) groups is 1. The van der Waals surface area contributed by atoms with Gasteiger partial charge >= 0.3 is 0 Å². The maximum Gasteiger partial charge on any atom is 0.285 e. The van der Waals surface area contributed by atoms with E-state index in [1.54, 1.807) is 36.4 Å². The van der Waals surface area contributed by atoms with Gasteiger partial charge in [-0.3, -0.25) is 4.79 Å². The number of para-hydroxylation sites is 1. The first-order valence-electron chi connectivity index (χ1n) is 7.06. The number of halogens is 2. The number of hydrogen-bond donors (Lipinski definition) is 1. The normalized spacial score (nSPS) is 10.6. The van der Waals surface area contributed by atoms with E-state index in [2.05, 4.69) is 5.10 Å². The second-order valence-electron chi connectivity index (χ2n) is 4.99. The molecule has 0 spiro atoms. The third-order valence-electron chi connectivity index (χ3n) is 3.27. The Morgan fingerprint density at radius 3 is 2.75 bits per heavy atom. The molecule has 0 aliphatic carbocycles. The van der Waals surface area contributed by atoms with Gasteiger partial charge in [-0.25, -0.2) is 4.39 Å². The Labute approximate surface area is 142 Å². The number of nitrogens with zero attached hydrogens (tertiary/aromatic N) is 2. The van der Waals surface area contributed by atoms with Crippen LogP contribution in [0.4, 0.5) is 10.2 Å². The highest BCUT2D eigenvalue weighted by Crippen LogP contribution is 2.24. The van der Waals surface area contributed by atoms with Gasteiger partial charge in [0.2, 0.25) is 0 Å². The van der Waals surface area contributed by atoms with E-state index in [0.29, 0.717) is 22.0 Å². The molecule has 5 nitrogen and oxygen atoms in total. The van der Waals surface area contributed by atoms with Crippen molar-refractivity contribution in [3.8, 4) is 17.0 Å². The fourth-order valence-corrected chi connectivity index (χ4v) is 2.40. The monoisotopic (exact) mass is 345 g/mol. The van der Waals surface area contributed by atoms with Crippen molar-refractivity contribution >= 4 is 23.3 Å². The van der Waals surface area contributed by atoms with Gasteiger partial charge in [-0.1, -0.05) is 35.9 Å². The predicted molar refractivity (Wildman–Crippen MR) is 89.6 cm³/mol. The quantitative estimate of drug-likeness (QED) is 0.783. The number of rotatable bonds is 4. The third kappa shape index (κ3) is 3.38. The highest BCUT2D eigenvalue weighted by atomic mass is 35.5. The number of nitrogen functional groups attached to an aromatic ring is 1. The number of carbonyl (C=O) groups excluding carboxylic acids is 1. The van der Waals surface area contributed by atoms with E-state index in [1.807, 2.05) is 0 Å². The molecule has 0 radical (unpaired) electrons. The lowest BCUT2D eigenvalue weighted by molar-refractivity contribution is 0.0824. The Bertz CT molecular complexity index is 895. The molecule has 122 valence electrons. The van der Waals surface area contributed by atoms with Gasteiger partial charge in [0, 0.05) is 11.6 Å². The van der Waals surface area contributed by atoms with Gasteiger partial charge in [0.05, 0.1) is 10.7 Å². The Hall–Kier alpha value is -2.86. The van der Waals surface area contributed by atoms with E-state index in [1.165, 1.54) is 18.2 Å². The lowest BCUT2D eigenvalue weighted by Gasteiger charge is -2.09. The molecule has 0 bridgehead atoms. The van der Waals surface area contributed by atoms with E-state index in [9.17, 15) is 9.18 Å². The van der Waals surface area contributed by atoms with Crippen LogP contribution in [-0.2, 0) is 0 Å². The summed E-state index contributed by atoms with van der Waals surface area (Å²) in [6.45, 7) is -0.285. The average molecular weight is 346 g/mol.